The van der Waals surface area contributed by atoms with Crippen LogP contribution in [0.1, 0.15) is 36.6 Å². The molecule has 0 atom stereocenters. The lowest BCUT2D eigenvalue weighted by atomic mass is 10.3. The second-order valence-corrected chi connectivity index (χ2v) is 7.21. The summed E-state index contributed by atoms with van der Waals surface area (Å²) in [5.41, 5.74) is 0.322. The Hall–Kier alpha value is -2.74. The van der Waals surface area contributed by atoms with Crippen molar-refractivity contribution < 1.29 is 23.4 Å². The van der Waals surface area contributed by atoms with E-state index in [4.69, 9.17) is 18.6 Å². The Morgan fingerprint density at radius 1 is 1.18 bits per heavy atom. The predicted molar refractivity (Wildman–Crippen MR) is 101 cm³/mol. The average molecular weight is 387 g/mol. The summed E-state index contributed by atoms with van der Waals surface area (Å²) < 4.78 is 21.7. The molecule has 0 bridgehead atoms. The molecular weight excluding hydrogens is 362 g/mol. The minimum absolute atomic E-state index is 0.0938. The van der Waals surface area contributed by atoms with Gasteiger partial charge in [0.1, 0.15) is 12.0 Å². The molecule has 2 aliphatic heterocycles. The molecule has 0 radical (unpaired) electrons. The highest BCUT2D eigenvalue weighted by molar-refractivity contribution is 5.92. The molecule has 1 fully saturated rings. The Balaban J connectivity index is 1.34. The van der Waals surface area contributed by atoms with Crippen LogP contribution in [0.5, 0.6) is 17.2 Å². The molecule has 2 aromatic rings. The summed E-state index contributed by atoms with van der Waals surface area (Å²) in [4.78, 5) is 21.3. The third-order valence-electron chi connectivity index (χ3n) is 5.03. The number of carbonyl (C=O) groups is 1. The lowest BCUT2D eigenvalue weighted by Crippen LogP contribution is -2.37. The zero-order chi connectivity index (χ0) is 19.5. The van der Waals surface area contributed by atoms with E-state index >= 15 is 0 Å². The van der Waals surface area contributed by atoms with Gasteiger partial charge in [0, 0.05) is 38.3 Å². The monoisotopic (exact) mass is 387 g/mol. The van der Waals surface area contributed by atoms with E-state index in [2.05, 4.69) is 23.7 Å². The first-order valence-electron chi connectivity index (χ1n) is 9.60. The molecule has 0 N–H and O–H groups in total. The molecule has 28 heavy (non-hydrogen) atoms. The molecule has 8 heteroatoms. The van der Waals surface area contributed by atoms with Crippen molar-refractivity contribution in [3.05, 3.63) is 36.0 Å². The van der Waals surface area contributed by atoms with Gasteiger partial charge in [0.2, 0.25) is 12.7 Å². The van der Waals surface area contributed by atoms with Crippen molar-refractivity contribution in [3.8, 4) is 17.2 Å². The van der Waals surface area contributed by atoms with Crippen LogP contribution in [-0.4, -0.2) is 59.7 Å². The van der Waals surface area contributed by atoms with E-state index in [1.807, 2.05) is 4.90 Å². The van der Waals surface area contributed by atoms with Gasteiger partial charge in [0.15, 0.2) is 23.8 Å². The summed E-state index contributed by atoms with van der Waals surface area (Å²) in [5, 5.41) is 0. The molecule has 1 amide bonds. The summed E-state index contributed by atoms with van der Waals surface area (Å²) >= 11 is 0. The van der Waals surface area contributed by atoms with Gasteiger partial charge < -0.3 is 23.5 Å². The molecule has 0 spiro atoms. The number of benzene rings is 1. The van der Waals surface area contributed by atoms with Crippen molar-refractivity contribution in [2.45, 2.75) is 32.9 Å². The Bertz CT molecular complexity index is 835. The van der Waals surface area contributed by atoms with Crippen molar-refractivity contribution in [2.24, 2.45) is 0 Å². The van der Waals surface area contributed by atoms with Gasteiger partial charge in [-0.1, -0.05) is 0 Å². The SMILES string of the molecule is CC(C)N1CCCN(C(=O)c2coc(COc3ccc4c(c3)OCO4)n2)CC1. The van der Waals surface area contributed by atoms with Crippen LogP contribution in [0.25, 0.3) is 0 Å². The van der Waals surface area contributed by atoms with Crippen LogP contribution in [-0.2, 0) is 6.61 Å². The van der Waals surface area contributed by atoms with Crippen molar-refractivity contribution in [1.29, 1.82) is 0 Å². The van der Waals surface area contributed by atoms with Gasteiger partial charge in [-0.2, -0.15) is 0 Å². The van der Waals surface area contributed by atoms with Crippen LogP contribution >= 0.6 is 0 Å². The molecule has 4 rings (SSSR count). The summed E-state index contributed by atoms with van der Waals surface area (Å²) in [6.45, 7) is 8.04. The number of hydrogen-bond donors (Lipinski definition) is 0. The number of aromatic nitrogens is 1. The van der Waals surface area contributed by atoms with Gasteiger partial charge in [-0.25, -0.2) is 4.98 Å². The zero-order valence-corrected chi connectivity index (χ0v) is 16.2. The lowest BCUT2D eigenvalue weighted by molar-refractivity contribution is 0.0753. The second kappa shape index (κ2) is 8.10. The molecule has 3 heterocycles. The Labute approximate surface area is 164 Å². The first-order valence-corrected chi connectivity index (χ1v) is 9.60. The largest absolute Gasteiger partial charge is 0.484 e. The number of nitrogens with zero attached hydrogens (tertiary/aromatic N) is 3. The molecule has 0 aliphatic carbocycles. The van der Waals surface area contributed by atoms with Gasteiger partial charge in [-0.15, -0.1) is 0 Å². The van der Waals surface area contributed by atoms with Crippen LogP contribution in [0.4, 0.5) is 0 Å². The number of fused-ring (bicyclic) bond motifs is 1. The number of amides is 1. The molecule has 8 nitrogen and oxygen atoms in total. The van der Waals surface area contributed by atoms with Gasteiger partial charge in [0.05, 0.1) is 0 Å². The van der Waals surface area contributed by atoms with Gasteiger partial charge in [-0.05, 0) is 32.4 Å². The summed E-state index contributed by atoms with van der Waals surface area (Å²) in [6, 6.07) is 5.83. The van der Waals surface area contributed by atoms with Crippen LogP contribution in [0.15, 0.2) is 28.9 Å². The van der Waals surface area contributed by atoms with Crippen LogP contribution in [0, 0.1) is 0 Å². The number of oxazole rings is 1. The fourth-order valence-electron chi connectivity index (χ4n) is 3.41. The predicted octanol–water partition coefficient (Wildman–Crippen LogP) is 2.54. The maximum absolute atomic E-state index is 12.8. The molecule has 1 aromatic heterocycles. The summed E-state index contributed by atoms with van der Waals surface area (Å²) in [5.74, 6) is 2.24. The Morgan fingerprint density at radius 3 is 2.89 bits per heavy atom. The fraction of sp³-hybridized carbons (Fsp3) is 0.500. The highest BCUT2D eigenvalue weighted by Gasteiger charge is 2.24. The van der Waals surface area contributed by atoms with Crippen molar-refractivity contribution in [2.75, 3.05) is 33.0 Å². The van der Waals surface area contributed by atoms with Gasteiger partial charge >= 0.3 is 0 Å². The first-order chi connectivity index (χ1) is 13.6. The number of ether oxygens (including phenoxy) is 3. The van der Waals surface area contributed by atoms with Crippen LogP contribution < -0.4 is 14.2 Å². The second-order valence-electron chi connectivity index (χ2n) is 7.21. The van der Waals surface area contributed by atoms with E-state index < -0.39 is 0 Å². The van der Waals surface area contributed by atoms with Gasteiger partial charge in [0.25, 0.3) is 5.91 Å². The third-order valence-corrected chi connectivity index (χ3v) is 5.03. The molecule has 1 aromatic carbocycles. The standard InChI is InChI=1S/C20H25N3O5/c1-14(2)22-6-3-7-23(9-8-22)20(24)16-11-26-19(21-16)12-25-15-4-5-17-18(10-15)28-13-27-17/h4-5,10-11,14H,3,6-9,12-13H2,1-2H3. The van der Waals surface area contributed by atoms with Crippen molar-refractivity contribution >= 4 is 5.91 Å². The normalized spacial score (nSPS) is 17.0. The average Bonchev–Trinajstić information content (AvgIpc) is 3.28. The molecule has 1 saturated heterocycles. The summed E-state index contributed by atoms with van der Waals surface area (Å²) in [7, 11) is 0. The Morgan fingerprint density at radius 2 is 2.04 bits per heavy atom. The fourth-order valence-corrected chi connectivity index (χ4v) is 3.41. The van der Waals surface area contributed by atoms with Gasteiger partial charge in [-0.3, -0.25) is 9.69 Å². The smallest absolute Gasteiger partial charge is 0.275 e. The Kier molecular flexibility index (Phi) is 5.38. The number of rotatable bonds is 5. The van der Waals surface area contributed by atoms with E-state index in [9.17, 15) is 4.79 Å². The van der Waals surface area contributed by atoms with Crippen LogP contribution in [0.3, 0.4) is 0 Å². The van der Waals surface area contributed by atoms with E-state index in [0.717, 1.165) is 26.1 Å². The van der Waals surface area contributed by atoms with E-state index in [-0.39, 0.29) is 19.3 Å². The third kappa shape index (κ3) is 4.06. The molecular formula is C20H25N3O5. The highest BCUT2D eigenvalue weighted by Crippen LogP contribution is 2.35. The minimum Gasteiger partial charge on any atom is -0.484 e. The van der Waals surface area contributed by atoms with E-state index in [1.54, 1.807) is 18.2 Å². The molecule has 0 unspecified atom stereocenters. The topological polar surface area (TPSA) is 77.3 Å². The minimum atomic E-state index is -0.0938. The quantitative estimate of drug-likeness (QED) is 0.780. The number of hydrogen-bond acceptors (Lipinski definition) is 7. The summed E-state index contributed by atoms with van der Waals surface area (Å²) in [6.07, 6.45) is 2.37. The van der Waals surface area contributed by atoms with Crippen molar-refractivity contribution in [3.63, 3.8) is 0 Å². The lowest BCUT2D eigenvalue weighted by Gasteiger charge is -2.24. The highest BCUT2D eigenvalue weighted by atomic mass is 16.7. The first kappa shape index (κ1) is 18.6. The van der Waals surface area contributed by atoms with Crippen LogP contribution in [0.2, 0.25) is 0 Å². The van der Waals surface area contributed by atoms with E-state index in [0.29, 0.717) is 41.4 Å². The molecule has 2 aliphatic rings. The maximum atomic E-state index is 12.8. The number of carbonyl (C=O) groups excluding carboxylic acids is 1. The zero-order valence-electron chi connectivity index (χ0n) is 16.2. The maximum Gasteiger partial charge on any atom is 0.275 e. The van der Waals surface area contributed by atoms with Crippen molar-refractivity contribution in [1.82, 2.24) is 14.8 Å². The molecule has 0 saturated carbocycles. The molecule has 150 valence electrons. The van der Waals surface area contributed by atoms with E-state index in [1.165, 1.54) is 6.26 Å².